The van der Waals surface area contributed by atoms with Gasteiger partial charge in [-0.2, -0.15) is 0 Å². The van der Waals surface area contributed by atoms with Crippen molar-refractivity contribution in [1.29, 1.82) is 0 Å². The lowest BCUT2D eigenvalue weighted by Crippen LogP contribution is -2.26. The molecule has 96 valence electrons. The molecule has 1 atom stereocenters. The fourth-order valence-corrected chi connectivity index (χ4v) is 2.21. The summed E-state index contributed by atoms with van der Waals surface area (Å²) >= 11 is 18.0. The Morgan fingerprint density at radius 2 is 1.88 bits per heavy atom. The molecular weight excluding hydrogens is 280 g/mol. The van der Waals surface area contributed by atoms with Crippen LogP contribution in [0.15, 0.2) is 12.1 Å². The fraction of sp³-hybridized carbons (Fsp3) is 0.500. The van der Waals surface area contributed by atoms with Crippen LogP contribution in [0.4, 0.5) is 0 Å². The highest BCUT2D eigenvalue weighted by atomic mass is 35.5. The van der Waals surface area contributed by atoms with Crippen molar-refractivity contribution in [1.82, 2.24) is 5.32 Å². The molecule has 0 heterocycles. The molecule has 1 rings (SSSR count). The highest BCUT2D eigenvalue weighted by Crippen LogP contribution is 2.31. The summed E-state index contributed by atoms with van der Waals surface area (Å²) in [7, 11) is 0. The summed E-state index contributed by atoms with van der Waals surface area (Å²) in [6, 6.07) is 3.39. The molecule has 0 saturated heterocycles. The Bertz CT molecular complexity index is 371. The number of rotatable bonds is 6. The minimum Gasteiger partial charge on any atom is -0.392 e. The second-order valence-corrected chi connectivity index (χ2v) is 5.09. The van der Waals surface area contributed by atoms with Crippen LogP contribution in [0.5, 0.6) is 0 Å². The van der Waals surface area contributed by atoms with Gasteiger partial charge in [0.1, 0.15) is 0 Å². The number of nitrogens with one attached hydrogen (secondary N) is 1. The average Bonchev–Trinajstić information content (AvgIpc) is 2.29. The van der Waals surface area contributed by atoms with Gasteiger partial charge < -0.3 is 10.4 Å². The maximum Gasteiger partial charge on any atom is 0.0664 e. The van der Waals surface area contributed by atoms with Gasteiger partial charge in [-0.15, -0.1) is 0 Å². The third kappa shape index (κ3) is 4.65. The molecule has 2 nitrogen and oxygen atoms in total. The molecule has 0 amide bonds. The number of hydrogen-bond donors (Lipinski definition) is 2. The standard InChI is InChI=1S/C12H16Cl3NO/c1-2-3-8(17)6-16-7-9-10(13)4-5-11(14)12(9)15/h4-5,8,16-17H,2-3,6-7H2,1H3. The van der Waals surface area contributed by atoms with E-state index < -0.39 is 0 Å². The highest BCUT2D eigenvalue weighted by molar-refractivity contribution is 6.44. The number of aliphatic hydroxyl groups is 1. The third-order valence-electron chi connectivity index (χ3n) is 2.44. The fourth-order valence-electron chi connectivity index (χ4n) is 1.53. The van der Waals surface area contributed by atoms with Crippen LogP contribution in [-0.2, 0) is 6.54 Å². The Morgan fingerprint density at radius 3 is 2.53 bits per heavy atom. The molecule has 0 fully saturated rings. The molecule has 1 unspecified atom stereocenters. The molecule has 2 N–H and O–H groups in total. The molecule has 0 aromatic heterocycles. The average molecular weight is 297 g/mol. The number of benzene rings is 1. The zero-order valence-electron chi connectivity index (χ0n) is 9.64. The van der Waals surface area contributed by atoms with Crippen LogP contribution in [0, 0.1) is 0 Å². The van der Waals surface area contributed by atoms with Crippen molar-refractivity contribution in [2.24, 2.45) is 0 Å². The number of halogens is 3. The van der Waals surface area contributed by atoms with Crippen LogP contribution in [0.3, 0.4) is 0 Å². The van der Waals surface area contributed by atoms with Crippen LogP contribution in [0.1, 0.15) is 25.3 Å². The summed E-state index contributed by atoms with van der Waals surface area (Å²) < 4.78 is 0. The van der Waals surface area contributed by atoms with E-state index in [9.17, 15) is 5.11 Å². The molecule has 17 heavy (non-hydrogen) atoms. The van der Waals surface area contributed by atoms with Crippen molar-refractivity contribution in [2.75, 3.05) is 6.54 Å². The molecule has 0 aliphatic heterocycles. The van der Waals surface area contributed by atoms with Crippen LogP contribution in [-0.4, -0.2) is 17.8 Å². The first-order valence-corrected chi connectivity index (χ1v) is 6.70. The number of aliphatic hydroxyl groups excluding tert-OH is 1. The molecule has 0 aliphatic carbocycles. The monoisotopic (exact) mass is 295 g/mol. The smallest absolute Gasteiger partial charge is 0.0664 e. The third-order valence-corrected chi connectivity index (χ3v) is 3.64. The van der Waals surface area contributed by atoms with Gasteiger partial charge in [0, 0.05) is 23.7 Å². The summed E-state index contributed by atoms with van der Waals surface area (Å²) in [6.45, 7) is 3.06. The predicted molar refractivity (Wildman–Crippen MR) is 74.1 cm³/mol. The number of hydrogen-bond acceptors (Lipinski definition) is 2. The topological polar surface area (TPSA) is 32.3 Å². The van der Waals surface area contributed by atoms with Gasteiger partial charge in [-0.25, -0.2) is 0 Å². The van der Waals surface area contributed by atoms with E-state index >= 15 is 0 Å². The molecule has 5 heteroatoms. The minimum absolute atomic E-state index is 0.336. The summed E-state index contributed by atoms with van der Waals surface area (Å²) in [5.74, 6) is 0. The highest BCUT2D eigenvalue weighted by Gasteiger charge is 2.10. The van der Waals surface area contributed by atoms with E-state index in [2.05, 4.69) is 5.32 Å². The van der Waals surface area contributed by atoms with Gasteiger partial charge in [-0.1, -0.05) is 48.1 Å². The van der Waals surface area contributed by atoms with Gasteiger partial charge in [0.15, 0.2) is 0 Å². The van der Waals surface area contributed by atoms with Gasteiger partial charge in [0.25, 0.3) is 0 Å². The zero-order valence-corrected chi connectivity index (χ0v) is 11.9. The summed E-state index contributed by atoms with van der Waals surface area (Å²) in [6.07, 6.45) is 1.41. The Kier molecular flexibility index (Phi) is 6.60. The van der Waals surface area contributed by atoms with E-state index in [1.165, 1.54) is 0 Å². The summed E-state index contributed by atoms with van der Waals surface area (Å²) in [4.78, 5) is 0. The molecule has 0 saturated carbocycles. The lowest BCUT2D eigenvalue weighted by molar-refractivity contribution is 0.160. The van der Waals surface area contributed by atoms with Crippen LogP contribution >= 0.6 is 34.8 Å². The SMILES string of the molecule is CCCC(O)CNCc1c(Cl)ccc(Cl)c1Cl. The van der Waals surface area contributed by atoms with Crippen molar-refractivity contribution in [3.63, 3.8) is 0 Å². The van der Waals surface area contributed by atoms with E-state index in [1.54, 1.807) is 12.1 Å². The Hall–Kier alpha value is 0.01000. The second-order valence-electron chi connectivity index (χ2n) is 3.90. The minimum atomic E-state index is -0.336. The first-order chi connectivity index (χ1) is 8.06. The Balaban J connectivity index is 2.55. The first kappa shape index (κ1) is 15.1. The van der Waals surface area contributed by atoms with Gasteiger partial charge in [0.2, 0.25) is 0 Å². The molecule has 1 aromatic rings. The predicted octanol–water partition coefficient (Wildman–Crippen LogP) is 3.90. The van der Waals surface area contributed by atoms with Crippen molar-refractivity contribution in [2.45, 2.75) is 32.4 Å². The van der Waals surface area contributed by atoms with Gasteiger partial charge >= 0.3 is 0 Å². The molecule has 0 spiro atoms. The van der Waals surface area contributed by atoms with Crippen molar-refractivity contribution < 1.29 is 5.11 Å². The Morgan fingerprint density at radius 1 is 1.24 bits per heavy atom. The lowest BCUT2D eigenvalue weighted by Gasteiger charge is -2.13. The van der Waals surface area contributed by atoms with Crippen molar-refractivity contribution in [3.05, 3.63) is 32.8 Å². The summed E-state index contributed by atoms with van der Waals surface area (Å²) in [5, 5.41) is 14.2. The maximum absolute atomic E-state index is 9.57. The Labute approximate surface area is 117 Å². The maximum atomic E-state index is 9.57. The molecular formula is C12H16Cl3NO. The van der Waals surface area contributed by atoms with Gasteiger partial charge in [-0.3, -0.25) is 0 Å². The van der Waals surface area contributed by atoms with Crippen LogP contribution < -0.4 is 5.32 Å². The van der Waals surface area contributed by atoms with Crippen LogP contribution in [0.25, 0.3) is 0 Å². The molecule has 0 radical (unpaired) electrons. The first-order valence-electron chi connectivity index (χ1n) is 5.57. The normalized spacial score (nSPS) is 12.8. The van der Waals surface area contributed by atoms with E-state index in [0.29, 0.717) is 28.2 Å². The zero-order chi connectivity index (χ0) is 12.8. The van der Waals surface area contributed by atoms with E-state index in [-0.39, 0.29) is 6.10 Å². The van der Waals surface area contributed by atoms with Gasteiger partial charge in [0.05, 0.1) is 16.1 Å². The quantitative estimate of drug-likeness (QED) is 0.780. The van der Waals surface area contributed by atoms with Gasteiger partial charge in [-0.05, 0) is 18.6 Å². The molecule has 0 bridgehead atoms. The van der Waals surface area contributed by atoms with Crippen molar-refractivity contribution >= 4 is 34.8 Å². The molecule has 1 aromatic carbocycles. The lowest BCUT2D eigenvalue weighted by atomic mass is 10.2. The second kappa shape index (κ2) is 7.45. The van der Waals surface area contributed by atoms with E-state index in [0.717, 1.165) is 18.4 Å². The van der Waals surface area contributed by atoms with Crippen molar-refractivity contribution in [3.8, 4) is 0 Å². The summed E-state index contributed by atoms with van der Waals surface area (Å²) in [5.41, 5.74) is 0.768. The largest absolute Gasteiger partial charge is 0.392 e. The van der Waals surface area contributed by atoms with E-state index in [1.807, 2.05) is 6.92 Å². The van der Waals surface area contributed by atoms with Crippen LogP contribution in [0.2, 0.25) is 15.1 Å². The van der Waals surface area contributed by atoms with E-state index in [4.69, 9.17) is 34.8 Å². The molecule has 0 aliphatic rings.